The van der Waals surface area contributed by atoms with E-state index in [0.29, 0.717) is 0 Å². The molecular weight excluding hydrogens is 310 g/mol. The third-order valence-corrected chi connectivity index (χ3v) is 4.78. The first-order chi connectivity index (χ1) is 10.7. The van der Waals surface area contributed by atoms with Gasteiger partial charge in [0.2, 0.25) is 0 Å². The molecule has 0 aliphatic heterocycles. The van der Waals surface area contributed by atoms with Crippen molar-refractivity contribution in [3.63, 3.8) is 0 Å². The monoisotopic (exact) mass is 339 g/mol. The fourth-order valence-corrected chi connectivity index (χ4v) is 3.26. The van der Waals surface area contributed by atoms with Gasteiger partial charge < -0.3 is 10.6 Å². The molecule has 0 amide bonds. The highest BCUT2D eigenvalue weighted by Gasteiger charge is 2.02. The first-order valence-corrected chi connectivity index (χ1v) is 10.5. The molecule has 0 aliphatic carbocycles. The maximum atomic E-state index is 4.72. The van der Waals surface area contributed by atoms with Crippen LogP contribution >= 0.6 is 23.5 Å². The van der Waals surface area contributed by atoms with Crippen LogP contribution in [-0.4, -0.2) is 37.3 Å². The largest absolute Gasteiger partial charge is 0.357 e. The molecule has 0 aliphatic rings. The molecular formula is C17H29N3S2. The third kappa shape index (κ3) is 7.45. The number of aryl methyl sites for hydroxylation is 1. The van der Waals surface area contributed by atoms with Crippen molar-refractivity contribution in [2.24, 2.45) is 4.99 Å². The smallest absolute Gasteiger partial charge is 0.191 e. The van der Waals surface area contributed by atoms with E-state index in [4.69, 9.17) is 4.99 Å². The van der Waals surface area contributed by atoms with Gasteiger partial charge in [-0.15, -0.1) is 11.8 Å². The molecule has 0 spiro atoms. The minimum absolute atomic E-state index is 0.719. The number of thioether (sulfide) groups is 2. The highest BCUT2D eigenvalue weighted by molar-refractivity contribution is 7.98. The number of benzene rings is 1. The summed E-state index contributed by atoms with van der Waals surface area (Å²) in [5.41, 5.74) is 2.59. The lowest BCUT2D eigenvalue weighted by atomic mass is 10.1. The van der Waals surface area contributed by atoms with Gasteiger partial charge in [-0.05, 0) is 62.1 Å². The minimum Gasteiger partial charge on any atom is -0.357 e. The van der Waals surface area contributed by atoms with Crippen molar-refractivity contribution >= 4 is 29.5 Å². The van der Waals surface area contributed by atoms with Gasteiger partial charge in [0.25, 0.3) is 0 Å². The van der Waals surface area contributed by atoms with E-state index in [1.807, 2.05) is 11.8 Å². The van der Waals surface area contributed by atoms with Crippen LogP contribution in [0, 0.1) is 6.92 Å². The molecule has 0 saturated heterocycles. The zero-order valence-electron chi connectivity index (χ0n) is 14.2. The summed E-state index contributed by atoms with van der Waals surface area (Å²) in [5.74, 6) is 2.15. The van der Waals surface area contributed by atoms with Gasteiger partial charge in [0.15, 0.2) is 5.96 Å². The summed E-state index contributed by atoms with van der Waals surface area (Å²) in [6.45, 7) is 6.82. The summed E-state index contributed by atoms with van der Waals surface area (Å²) in [6, 6.07) is 6.58. The Morgan fingerprint density at radius 3 is 2.68 bits per heavy atom. The molecule has 0 fully saturated rings. The fourth-order valence-electron chi connectivity index (χ4n) is 2.07. The fraction of sp³-hybridized carbons (Fsp3) is 0.588. The average Bonchev–Trinajstić information content (AvgIpc) is 2.53. The van der Waals surface area contributed by atoms with Crippen LogP contribution in [0.25, 0.3) is 0 Å². The summed E-state index contributed by atoms with van der Waals surface area (Å²) >= 11 is 3.70. The topological polar surface area (TPSA) is 36.4 Å². The van der Waals surface area contributed by atoms with Crippen molar-refractivity contribution in [1.82, 2.24) is 10.6 Å². The molecule has 1 aromatic carbocycles. The van der Waals surface area contributed by atoms with Crippen LogP contribution in [0.5, 0.6) is 0 Å². The summed E-state index contributed by atoms with van der Waals surface area (Å²) in [6.07, 6.45) is 6.72. The van der Waals surface area contributed by atoms with Gasteiger partial charge in [-0.25, -0.2) is 4.99 Å². The van der Waals surface area contributed by atoms with Gasteiger partial charge in [0.1, 0.15) is 0 Å². The number of aliphatic imine (C=N–C) groups is 1. The van der Waals surface area contributed by atoms with Crippen LogP contribution in [0.2, 0.25) is 0 Å². The first kappa shape index (κ1) is 19.2. The molecule has 0 heterocycles. The zero-order chi connectivity index (χ0) is 16.2. The average molecular weight is 340 g/mol. The molecule has 1 aromatic rings. The van der Waals surface area contributed by atoms with Crippen molar-refractivity contribution in [3.8, 4) is 0 Å². The number of nitrogens with zero attached hydrogens (tertiary/aromatic N) is 1. The molecule has 0 saturated carbocycles. The summed E-state index contributed by atoms with van der Waals surface area (Å²) in [7, 11) is 0. The van der Waals surface area contributed by atoms with Crippen LogP contribution < -0.4 is 10.6 Å². The lowest BCUT2D eigenvalue weighted by Crippen LogP contribution is -2.37. The van der Waals surface area contributed by atoms with Crippen LogP contribution in [0.1, 0.15) is 30.9 Å². The van der Waals surface area contributed by atoms with Crippen LogP contribution in [-0.2, 0) is 6.54 Å². The number of unbranched alkanes of at least 4 members (excludes halogenated alkanes) is 1. The highest BCUT2D eigenvalue weighted by atomic mass is 32.2. The van der Waals surface area contributed by atoms with E-state index in [0.717, 1.165) is 25.6 Å². The van der Waals surface area contributed by atoms with Gasteiger partial charge in [0.05, 0.1) is 6.54 Å². The Morgan fingerprint density at radius 2 is 2.00 bits per heavy atom. The van der Waals surface area contributed by atoms with Crippen molar-refractivity contribution in [2.75, 3.05) is 31.4 Å². The van der Waals surface area contributed by atoms with E-state index in [1.165, 1.54) is 34.6 Å². The SMILES string of the molecule is CCNC(=NCc1ccc(C)cc1SC)NCCCCSC. The van der Waals surface area contributed by atoms with Crippen LogP contribution in [0.15, 0.2) is 28.1 Å². The Hall–Kier alpha value is -0.810. The Labute approximate surface area is 144 Å². The molecule has 2 N–H and O–H groups in total. The number of nitrogens with one attached hydrogen (secondary N) is 2. The van der Waals surface area contributed by atoms with Crippen molar-refractivity contribution in [1.29, 1.82) is 0 Å². The van der Waals surface area contributed by atoms with Crippen molar-refractivity contribution < 1.29 is 0 Å². The number of rotatable bonds is 9. The molecule has 5 heteroatoms. The Balaban J connectivity index is 2.57. The second-order valence-electron chi connectivity index (χ2n) is 5.14. The molecule has 0 radical (unpaired) electrons. The van der Waals surface area contributed by atoms with E-state index >= 15 is 0 Å². The van der Waals surface area contributed by atoms with Crippen LogP contribution in [0.4, 0.5) is 0 Å². The standard InChI is InChI=1S/C17H29N3S2/c1-5-18-17(19-10-6-7-11-21-3)20-13-15-9-8-14(2)12-16(15)22-4/h8-9,12H,5-7,10-11,13H2,1-4H3,(H2,18,19,20). The Morgan fingerprint density at radius 1 is 1.18 bits per heavy atom. The lowest BCUT2D eigenvalue weighted by molar-refractivity contribution is 0.734. The summed E-state index contributed by atoms with van der Waals surface area (Å²) < 4.78 is 0. The first-order valence-electron chi connectivity index (χ1n) is 7.85. The van der Waals surface area contributed by atoms with Crippen molar-refractivity contribution in [3.05, 3.63) is 29.3 Å². The predicted molar refractivity (Wildman–Crippen MR) is 103 cm³/mol. The minimum atomic E-state index is 0.719. The van der Waals surface area contributed by atoms with E-state index < -0.39 is 0 Å². The molecule has 1 rings (SSSR count). The normalized spacial score (nSPS) is 11.5. The van der Waals surface area contributed by atoms with E-state index in [-0.39, 0.29) is 0 Å². The highest BCUT2D eigenvalue weighted by Crippen LogP contribution is 2.22. The number of guanidine groups is 1. The summed E-state index contributed by atoms with van der Waals surface area (Å²) in [5, 5.41) is 6.74. The Kier molecular flexibility index (Phi) is 10.2. The Bertz CT molecular complexity index is 461. The molecule has 0 aromatic heterocycles. The quantitative estimate of drug-likeness (QED) is 0.309. The number of hydrogen-bond acceptors (Lipinski definition) is 3. The molecule has 124 valence electrons. The van der Waals surface area contributed by atoms with E-state index in [2.05, 4.69) is 55.2 Å². The van der Waals surface area contributed by atoms with Crippen LogP contribution in [0.3, 0.4) is 0 Å². The predicted octanol–water partition coefficient (Wildman–Crippen LogP) is 3.92. The molecule has 3 nitrogen and oxygen atoms in total. The lowest BCUT2D eigenvalue weighted by Gasteiger charge is -2.12. The van der Waals surface area contributed by atoms with Gasteiger partial charge in [-0.1, -0.05) is 12.1 Å². The van der Waals surface area contributed by atoms with Gasteiger partial charge in [-0.3, -0.25) is 0 Å². The van der Waals surface area contributed by atoms with Crippen molar-refractivity contribution in [2.45, 2.75) is 38.1 Å². The van der Waals surface area contributed by atoms with E-state index in [9.17, 15) is 0 Å². The summed E-state index contributed by atoms with van der Waals surface area (Å²) in [4.78, 5) is 6.03. The van der Waals surface area contributed by atoms with Gasteiger partial charge >= 0.3 is 0 Å². The maximum Gasteiger partial charge on any atom is 0.191 e. The molecule has 0 unspecified atom stereocenters. The second-order valence-corrected chi connectivity index (χ2v) is 6.97. The number of hydrogen-bond donors (Lipinski definition) is 2. The van der Waals surface area contributed by atoms with Gasteiger partial charge in [0, 0.05) is 18.0 Å². The molecule has 0 bridgehead atoms. The molecule has 22 heavy (non-hydrogen) atoms. The molecule has 0 atom stereocenters. The zero-order valence-corrected chi connectivity index (χ0v) is 15.9. The maximum absolute atomic E-state index is 4.72. The van der Waals surface area contributed by atoms with E-state index in [1.54, 1.807) is 11.8 Å². The second kappa shape index (κ2) is 11.7. The van der Waals surface area contributed by atoms with Gasteiger partial charge in [-0.2, -0.15) is 11.8 Å². The third-order valence-electron chi connectivity index (χ3n) is 3.26.